The predicted molar refractivity (Wildman–Crippen MR) is 101 cm³/mol. The fourth-order valence-electron chi connectivity index (χ4n) is 4.13. The molecule has 2 aliphatic heterocycles. The average Bonchev–Trinajstić information content (AvgIpc) is 3.27. The van der Waals surface area contributed by atoms with Crippen LogP contribution in [0.3, 0.4) is 0 Å². The minimum atomic E-state index is -0.0413. The fourth-order valence-corrected chi connectivity index (χ4v) is 4.13. The quantitative estimate of drug-likeness (QED) is 0.865. The number of benzene rings is 1. The van der Waals surface area contributed by atoms with Crippen LogP contribution < -0.4 is 10.2 Å². The molecule has 0 spiro atoms. The van der Waals surface area contributed by atoms with Crippen molar-refractivity contribution in [1.82, 2.24) is 15.5 Å². The summed E-state index contributed by atoms with van der Waals surface area (Å²) in [7, 11) is 0. The second-order valence-corrected chi connectivity index (χ2v) is 7.22. The Labute approximate surface area is 153 Å². The largest absolute Gasteiger partial charge is 0.381 e. The molecule has 1 aromatic heterocycles. The highest BCUT2D eigenvalue weighted by Crippen LogP contribution is 2.31. The first-order valence-corrected chi connectivity index (χ1v) is 9.48. The number of para-hydroxylation sites is 1. The van der Waals surface area contributed by atoms with Crippen LogP contribution in [-0.4, -0.2) is 48.4 Å². The van der Waals surface area contributed by atoms with Crippen LogP contribution in [0.2, 0.25) is 0 Å². The zero-order chi connectivity index (χ0) is 17.9. The van der Waals surface area contributed by atoms with Crippen LogP contribution in [0.4, 0.5) is 5.69 Å². The van der Waals surface area contributed by atoms with E-state index in [1.54, 1.807) is 6.20 Å². The number of anilines is 1. The molecule has 1 unspecified atom stereocenters. The van der Waals surface area contributed by atoms with E-state index in [0.717, 1.165) is 44.7 Å². The highest BCUT2D eigenvalue weighted by molar-refractivity contribution is 5.95. The SMILES string of the molecule is CC1Cc2ccccc2N1CCNC(=O)c1cn[nH]c1C1CCOCC1. The third kappa shape index (κ3) is 3.33. The normalized spacial score (nSPS) is 20.2. The third-order valence-corrected chi connectivity index (χ3v) is 5.53. The Morgan fingerprint density at radius 1 is 1.35 bits per heavy atom. The monoisotopic (exact) mass is 354 g/mol. The van der Waals surface area contributed by atoms with Gasteiger partial charge in [-0.2, -0.15) is 5.10 Å². The Morgan fingerprint density at radius 3 is 3.00 bits per heavy atom. The number of hydrogen-bond donors (Lipinski definition) is 2. The van der Waals surface area contributed by atoms with Gasteiger partial charge in [0.1, 0.15) is 0 Å². The van der Waals surface area contributed by atoms with Crippen molar-refractivity contribution in [1.29, 1.82) is 0 Å². The topological polar surface area (TPSA) is 70.2 Å². The van der Waals surface area contributed by atoms with E-state index in [-0.39, 0.29) is 5.91 Å². The highest BCUT2D eigenvalue weighted by Gasteiger charge is 2.26. The van der Waals surface area contributed by atoms with Crippen molar-refractivity contribution in [3.05, 3.63) is 47.3 Å². The predicted octanol–water partition coefficient (Wildman–Crippen LogP) is 2.48. The summed E-state index contributed by atoms with van der Waals surface area (Å²) in [6.07, 6.45) is 4.59. The number of rotatable bonds is 5. The average molecular weight is 354 g/mol. The molecule has 2 aliphatic rings. The van der Waals surface area contributed by atoms with Crippen LogP contribution in [0.15, 0.2) is 30.5 Å². The van der Waals surface area contributed by atoms with Crippen molar-refractivity contribution in [2.45, 2.75) is 38.1 Å². The number of H-pyrrole nitrogens is 1. The molecule has 1 aromatic carbocycles. The Bertz CT molecular complexity index is 767. The van der Waals surface area contributed by atoms with E-state index in [1.807, 2.05) is 0 Å². The summed E-state index contributed by atoms with van der Waals surface area (Å²) in [6, 6.07) is 8.99. The molecule has 26 heavy (non-hydrogen) atoms. The minimum absolute atomic E-state index is 0.0413. The molecule has 4 rings (SSSR count). The molecule has 0 aliphatic carbocycles. The lowest BCUT2D eigenvalue weighted by molar-refractivity contribution is 0.0833. The lowest BCUT2D eigenvalue weighted by Gasteiger charge is -2.25. The van der Waals surface area contributed by atoms with E-state index < -0.39 is 0 Å². The summed E-state index contributed by atoms with van der Waals surface area (Å²) in [5.74, 6) is 0.290. The number of ether oxygens (including phenoxy) is 1. The maximum Gasteiger partial charge on any atom is 0.254 e. The van der Waals surface area contributed by atoms with E-state index in [0.29, 0.717) is 24.1 Å². The first-order valence-electron chi connectivity index (χ1n) is 9.48. The zero-order valence-electron chi connectivity index (χ0n) is 15.2. The molecule has 0 radical (unpaired) electrons. The number of carbonyl (C=O) groups is 1. The van der Waals surface area contributed by atoms with Crippen LogP contribution in [-0.2, 0) is 11.2 Å². The van der Waals surface area contributed by atoms with Gasteiger partial charge in [0.05, 0.1) is 17.5 Å². The molecule has 3 heterocycles. The lowest BCUT2D eigenvalue weighted by Crippen LogP contribution is -2.38. The molecular weight excluding hydrogens is 328 g/mol. The Morgan fingerprint density at radius 2 is 2.15 bits per heavy atom. The second kappa shape index (κ2) is 7.50. The van der Waals surface area contributed by atoms with Crippen LogP contribution in [0.25, 0.3) is 0 Å². The van der Waals surface area contributed by atoms with E-state index in [1.165, 1.54) is 11.3 Å². The smallest absolute Gasteiger partial charge is 0.254 e. The molecule has 1 atom stereocenters. The van der Waals surface area contributed by atoms with E-state index in [4.69, 9.17) is 4.74 Å². The first kappa shape index (κ1) is 17.1. The molecule has 2 aromatic rings. The van der Waals surface area contributed by atoms with E-state index >= 15 is 0 Å². The first-order chi connectivity index (χ1) is 12.7. The molecular formula is C20H26N4O2. The van der Waals surface area contributed by atoms with Gasteiger partial charge in [-0.05, 0) is 37.8 Å². The van der Waals surface area contributed by atoms with E-state index in [2.05, 4.69) is 51.6 Å². The molecule has 1 amide bonds. The summed E-state index contributed by atoms with van der Waals surface area (Å²) in [5.41, 5.74) is 4.31. The highest BCUT2D eigenvalue weighted by atomic mass is 16.5. The Kier molecular flexibility index (Phi) is 4.93. The third-order valence-electron chi connectivity index (χ3n) is 5.53. The summed E-state index contributed by atoms with van der Waals surface area (Å²) in [4.78, 5) is 15.0. The summed E-state index contributed by atoms with van der Waals surface area (Å²) in [5, 5.41) is 10.2. The summed E-state index contributed by atoms with van der Waals surface area (Å²) >= 11 is 0. The number of hydrogen-bond acceptors (Lipinski definition) is 4. The van der Waals surface area contributed by atoms with Gasteiger partial charge < -0.3 is 15.0 Å². The number of nitrogens with zero attached hydrogens (tertiary/aromatic N) is 2. The Hall–Kier alpha value is -2.34. The van der Waals surface area contributed by atoms with Gasteiger partial charge in [0.25, 0.3) is 5.91 Å². The van der Waals surface area contributed by atoms with Gasteiger partial charge in [0.2, 0.25) is 0 Å². The van der Waals surface area contributed by atoms with Gasteiger partial charge in [0, 0.05) is 44.0 Å². The maximum absolute atomic E-state index is 12.6. The molecule has 138 valence electrons. The zero-order valence-corrected chi connectivity index (χ0v) is 15.2. The standard InChI is InChI=1S/C20H26N4O2/c1-14-12-16-4-2-3-5-18(16)24(14)9-8-21-20(25)17-13-22-23-19(17)15-6-10-26-11-7-15/h2-5,13-15H,6-12H2,1H3,(H,21,25)(H,22,23). The van der Waals surface area contributed by atoms with Crippen molar-refractivity contribution in [2.24, 2.45) is 0 Å². The van der Waals surface area contributed by atoms with Crippen molar-refractivity contribution < 1.29 is 9.53 Å². The van der Waals surface area contributed by atoms with Crippen molar-refractivity contribution in [3.8, 4) is 0 Å². The van der Waals surface area contributed by atoms with Gasteiger partial charge in [-0.15, -0.1) is 0 Å². The maximum atomic E-state index is 12.6. The van der Waals surface area contributed by atoms with Crippen LogP contribution in [0.5, 0.6) is 0 Å². The van der Waals surface area contributed by atoms with Crippen molar-refractivity contribution in [2.75, 3.05) is 31.2 Å². The van der Waals surface area contributed by atoms with Crippen molar-refractivity contribution in [3.63, 3.8) is 0 Å². The fraction of sp³-hybridized carbons (Fsp3) is 0.500. The number of carbonyl (C=O) groups excluding carboxylic acids is 1. The molecule has 1 saturated heterocycles. The second-order valence-electron chi connectivity index (χ2n) is 7.22. The lowest BCUT2D eigenvalue weighted by atomic mass is 9.94. The van der Waals surface area contributed by atoms with E-state index in [9.17, 15) is 4.79 Å². The molecule has 1 fully saturated rings. The van der Waals surface area contributed by atoms with Gasteiger partial charge in [-0.3, -0.25) is 9.89 Å². The molecule has 0 bridgehead atoms. The molecule has 6 nitrogen and oxygen atoms in total. The molecule has 0 saturated carbocycles. The van der Waals surface area contributed by atoms with Gasteiger partial charge in [-0.25, -0.2) is 0 Å². The number of aromatic amines is 1. The van der Waals surface area contributed by atoms with Crippen molar-refractivity contribution >= 4 is 11.6 Å². The number of aromatic nitrogens is 2. The van der Waals surface area contributed by atoms with Crippen LogP contribution in [0, 0.1) is 0 Å². The molecule has 2 N–H and O–H groups in total. The van der Waals surface area contributed by atoms with Gasteiger partial charge in [0.15, 0.2) is 0 Å². The summed E-state index contributed by atoms with van der Waals surface area (Å²) < 4.78 is 5.42. The minimum Gasteiger partial charge on any atom is -0.381 e. The molecule has 6 heteroatoms. The number of amides is 1. The van der Waals surface area contributed by atoms with Crippen LogP contribution in [0.1, 0.15) is 47.3 Å². The Balaban J connectivity index is 1.36. The summed E-state index contributed by atoms with van der Waals surface area (Å²) in [6.45, 7) is 5.17. The van der Waals surface area contributed by atoms with Gasteiger partial charge >= 0.3 is 0 Å². The number of fused-ring (bicyclic) bond motifs is 1. The number of nitrogens with one attached hydrogen (secondary N) is 2. The van der Waals surface area contributed by atoms with Gasteiger partial charge in [-0.1, -0.05) is 18.2 Å². The van der Waals surface area contributed by atoms with Crippen LogP contribution >= 0.6 is 0 Å².